The molecule has 2 aliphatic rings. The molecular weight excluding hydrogens is 1050 g/mol. The lowest BCUT2D eigenvalue weighted by Crippen LogP contribution is -2.56. The van der Waals surface area contributed by atoms with E-state index in [1.807, 2.05) is 19.1 Å². The Labute approximate surface area is 451 Å². The van der Waals surface area contributed by atoms with Crippen LogP contribution in [0.3, 0.4) is 0 Å². The molecule has 5 unspecified atom stereocenters. The molecular formula is C55H59F2N7O14P+. The third-order valence-corrected chi connectivity index (χ3v) is 13.2. The van der Waals surface area contributed by atoms with E-state index in [4.69, 9.17) is 20.8 Å². The highest BCUT2D eigenvalue weighted by Gasteiger charge is 2.43. The summed E-state index contributed by atoms with van der Waals surface area (Å²) in [6, 6.07) is 18.8. The predicted octanol–water partition coefficient (Wildman–Crippen LogP) is 5.28. The van der Waals surface area contributed by atoms with Gasteiger partial charge < -0.3 is 52.7 Å². The van der Waals surface area contributed by atoms with Crippen LogP contribution in [0.2, 0.25) is 0 Å². The van der Waals surface area contributed by atoms with Crippen molar-refractivity contribution in [2.45, 2.75) is 95.5 Å². The summed E-state index contributed by atoms with van der Waals surface area (Å²) >= 11 is 0. The number of phenols is 1. The molecule has 6 rings (SSSR count). The standard InChI is InChI=1S/C55H58F2N7O14P/c1-3-31-10-14-33(15-11-31)50(69)60-24-7-5-9-44(64-52(71)42(58)26-32-12-17-35(18-13-32)55(56,57)78-79(75)76)53(72)62-30(2)49(68)63-43(48(59)67)8-4-6-25-61-51(70)34-16-21-38(41(27-34)54(73)74)47-39-22-19-36(65)28-45(39)77-46-29-37(66)20-23-40(46)47/h10-23,27-30,42-44H,3-9,24-26,58H2,1-2H3,(H9-,59,60,61,62,63,64,65,66,67,68,69,70,71,72,73,74,75,76)/p+1. The van der Waals surface area contributed by atoms with E-state index in [1.165, 1.54) is 67.6 Å². The Morgan fingerprint density at radius 3 is 1.94 bits per heavy atom. The van der Waals surface area contributed by atoms with Crippen molar-refractivity contribution in [2.75, 3.05) is 13.1 Å². The highest BCUT2D eigenvalue weighted by molar-refractivity contribution is 7.32. The number of carboxylic acid groups (broad SMARTS) is 1. The zero-order valence-corrected chi connectivity index (χ0v) is 43.8. The number of aryl methyl sites for hydroxylation is 1. The molecule has 24 heteroatoms. The van der Waals surface area contributed by atoms with Gasteiger partial charge in [0.2, 0.25) is 23.6 Å². The SMILES string of the molecule is CCc1ccc(C(=O)NCCCCC(NC(=O)C(N)Cc2ccc(C(F)(F)O[P+](=O)O)cc2)C(=O)NC(C)C(=O)NC(CCCCNC(=O)c2ccc(-c3c4ccc(=O)cc-4oc4cc(O)ccc34)c(C(=O)O)c2)C(N)=O)cc1. The number of unbranched alkanes of at least 4 members (excludes halogenated alkanes) is 2. The van der Waals surface area contributed by atoms with Gasteiger partial charge in [-0.1, -0.05) is 37.3 Å². The summed E-state index contributed by atoms with van der Waals surface area (Å²) < 4.78 is 48.8. The predicted molar refractivity (Wildman–Crippen MR) is 285 cm³/mol. The first-order valence-corrected chi connectivity index (χ1v) is 26.2. The number of hydrogen-bond donors (Lipinski definition) is 10. The summed E-state index contributed by atoms with van der Waals surface area (Å²) in [5.74, 6) is -5.53. The van der Waals surface area contributed by atoms with Crippen molar-refractivity contribution in [3.63, 3.8) is 0 Å². The van der Waals surface area contributed by atoms with Crippen LogP contribution in [0.5, 0.6) is 5.75 Å². The number of halogens is 2. The fourth-order valence-corrected chi connectivity index (χ4v) is 8.82. The summed E-state index contributed by atoms with van der Waals surface area (Å²) in [7, 11) is -3.62. The largest absolute Gasteiger partial charge is 0.701 e. The van der Waals surface area contributed by atoms with Crippen LogP contribution >= 0.6 is 8.25 Å². The van der Waals surface area contributed by atoms with Crippen molar-refractivity contribution in [1.29, 1.82) is 0 Å². The number of carboxylic acids is 1. The Morgan fingerprint density at radius 2 is 1.32 bits per heavy atom. The van der Waals surface area contributed by atoms with Crippen LogP contribution < -0.4 is 43.5 Å². The van der Waals surface area contributed by atoms with Gasteiger partial charge in [0, 0.05) is 57.4 Å². The van der Waals surface area contributed by atoms with Gasteiger partial charge in [0.05, 0.1) is 17.2 Å². The minimum Gasteiger partial charge on any atom is -0.508 e. The number of hydrogen-bond acceptors (Lipinski definition) is 13. The van der Waals surface area contributed by atoms with Gasteiger partial charge in [-0.3, -0.25) is 33.6 Å². The molecule has 0 bridgehead atoms. The van der Waals surface area contributed by atoms with Crippen LogP contribution in [0.25, 0.3) is 33.4 Å². The quantitative estimate of drug-likeness (QED) is 0.0178. The Kier molecular flexibility index (Phi) is 20.6. The summed E-state index contributed by atoms with van der Waals surface area (Å²) in [6.45, 7) is 3.61. The maximum Gasteiger partial charge on any atom is 0.701 e. The molecule has 1 aliphatic carbocycles. The van der Waals surface area contributed by atoms with Gasteiger partial charge in [-0.05, 0) is 140 Å². The van der Waals surface area contributed by atoms with Crippen LogP contribution in [-0.2, 0) is 47.2 Å². The van der Waals surface area contributed by atoms with Gasteiger partial charge in [0.15, 0.2) is 5.43 Å². The molecule has 1 aliphatic heterocycles. The summed E-state index contributed by atoms with van der Waals surface area (Å²) in [5.41, 5.74) is 13.6. The Morgan fingerprint density at radius 1 is 0.722 bits per heavy atom. The van der Waals surface area contributed by atoms with E-state index in [-0.39, 0.29) is 90.3 Å². The monoisotopic (exact) mass is 1110 g/mol. The second-order valence-corrected chi connectivity index (χ2v) is 19.2. The number of fused-ring (bicyclic) bond motifs is 2. The third-order valence-electron chi connectivity index (χ3n) is 12.8. The Bertz CT molecular complexity index is 3270. The highest BCUT2D eigenvalue weighted by atomic mass is 31.1. The summed E-state index contributed by atoms with van der Waals surface area (Å²) in [6.07, 6.45) is -2.22. The molecule has 0 spiro atoms. The highest BCUT2D eigenvalue weighted by Crippen LogP contribution is 2.42. The minimum absolute atomic E-state index is 0.0141. The van der Waals surface area contributed by atoms with Crippen molar-refractivity contribution in [3.8, 4) is 28.2 Å². The molecule has 416 valence electrons. The fourth-order valence-electron chi connectivity index (χ4n) is 8.52. The van der Waals surface area contributed by atoms with Crippen LogP contribution in [0.1, 0.15) is 100 Å². The number of phenolic OH excluding ortho intramolecular Hbond substituents is 1. The number of benzene rings is 5. The average Bonchev–Trinajstić information content (AvgIpc) is 3.59. The number of primary amides is 1. The number of aromatic carboxylic acids is 1. The Balaban J connectivity index is 1.03. The fraction of sp³-hybridized carbons (Fsp3) is 0.309. The first-order valence-electron chi connectivity index (χ1n) is 25.1. The van der Waals surface area contributed by atoms with Crippen molar-refractivity contribution >= 4 is 60.6 Å². The lowest BCUT2D eigenvalue weighted by Gasteiger charge is -2.24. The van der Waals surface area contributed by atoms with Crippen LogP contribution in [0, 0.1) is 0 Å². The average molecular weight is 1110 g/mol. The van der Waals surface area contributed by atoms with Gasteiger partial charge >= 0.3 is 20.3 Å². The first-order chi connectivity index (χ1) is 37.5. The topological polar surface area (TPSA) is 349 Å². The molecule has 4 aromatic carbocycles. The molecule has 0 fully saturated rings. The number of alkyl halides is 2. The maximum atomic E-state index is 14.2. The lowest BCUT2D eigenvalue weighted by atomic mass is 9.90. The molecule has 1 heterocycles. The van der Waals surface area contributed by atoms with Gasteiger partial charge in [-0.15, -0.1) is 4.89 Å². The first kappa shape index (κ1) is 59.7. The molecule has 12 N–H and O–H groups in total. The molecule has 0 saturated heterocycles. The van der Waals surface area contributed by atoms with E-state index >= 15 is 0 Å². The second kappa shape index (κ2) is 27.2. The second-order valence-electron chi connectivity index (χ2n) is 18.5. The zero-order chi connectivity index (χ0) is 57.6. The van der Waals surface area contributed by atoms with E-state index in [1.54, 1.807) is 18.2 Å². The molecule has 0 radical (unpaired) electrons. The molecule has 0 saturated carbocycles. The number of rotatable bonds is 27. The van der Waals surface area contributed by atoms with E-state index < -0.39 is 79.6 Å². The van der Waals surface area contributed by atoms with E-state index in [0.29, 0.717) is 40.5 Å². The smallest absolute Gasteiger partial charge is 0.508 e. The number of nitrogens with two attached hydrogens (primary N) is 2. The van der Waals surface area contributed by atoms with E-state index in [0.717, 1.165) is 24.1 Å². The Hall–Kier alpha value is -8.50. The van der Waals surface area contributed by atoms with E-state index in [2.05, 4.69) is 31.1 Å². The van der Waals surface area contributed by atoms with Crippen molar-refractivity contribution in [1.82, 2.24) is 26.6 Å². The molecule has 0 aromatic heterocycles. The van der Waals surface area contributed by atoms with Gasteiger partial charge in [0.1, 0.15) is 35.2 Å². The van der Waals surface area contributed by atoms with Gasteiger partial charge in [-0.25, -0.2) is 4.79 Å². The van der Waals surface area contributed by atoms with Gasteiger partial charge in [0.25, 0.3) is 11.8 Å². The van der Waals surface area contributed by atoms with Crippen LogP contribution in [-0.4, -0.2) is 93.8 Å². The van der Waals surface area contributed by atoms with Gasteiger partial charge in [-0.2, -0.15) is 8.78 Å². The van der Waals surface area contributed by atoms with Crippen LogP contribution in [0.4, 0.5) is 8.78 Å². The number of carbonyl (C=O) groups is 7. The number of carbonyl (C=O) groups excluding carboxylic acids is 6. The van der Waals surface area contributed by atoms with Crippen molar-refractivity contribution in [3.05, 3.63) is 147 Å². The number of aromatic hydroxyl groups is 1. The lowest BCUT2D eigenvalue weighted by molar-refractivity contribution is -0.185. The minimum atomic E-state index is -4.08. The third kappa shape index (κ3) is 16.3. The molecule has 21 nitrogen and oxygen atoms in total. The molecule has 5 atom stereocenters. The summed E-state index contributed by atoms with van der Waals surface area (Å²) in [5, 5.41) is 34.0. The normalized spacial score (nSPS) is 13.1. The zero-order valence-electron chi connectivity index (χ0n) is 42.9. The molecule has 6 amide bonds. The summed E-state index contributed by atoms with van der Waals surface area (Å²) in [4.78, 5) is 113. The number of nitrogens with one attached hydrogen (secondary N) is 5. The number of amides is 6. The molecule has 79 heavy (non-hydrogen) atoms. The van der Waals surface area contributed by atoms with Crippen molar-refractivity contribution in [2.24, 2.45) is 11.5 Å². The van der Waals surface area contributed by atoms with E-state index in [9.17, 15) is 61.9 Å². The molecule has 4 aromatic rings. The van der Waals surface area contributed by atoms with Crippen LogP contribution in [0.15, 0.2) is 112 Å². The van der Waals surface area contributed by atoms with Crippen molar-refractivity contribution < 1.29 is 71.0 Å². The maximum absolute atomic E-state index is 14.2.